The molecule has 3 aromatic carbocycles. The van der Waals surface area contributed by atoms with Gasteiger partial charge in [-0.15, -0.1) is 0 Å². The Bertz CT molecular complexity index is 1220. The first-order chi connectivity index (χ1) is 16.5. The molecule has 0 aliphatic heterocycles. The van der Waals surface area contributed by atoms with Crippen LogP contribution in [0, 0.1) is 0 Å². The van der Waals surface area contributed by atoms with Crippen LogP contribution in [0.2, 0.25) is 0 Å². The summed E-state index contributed by atoms with van der Waals surface area (Å²) in [6.45, 7) is 1.52. The van der Waals surface area contributed by atoms with Gasteiger partial charge in [0, 0.05) is 13.3 Å². The molecule has 0 bridgehead atoms. The summed E-state index contributed by atoms with van der Waals surface area (Å²) in [7, 11) is 0. The van der Waals surface area contributed by atoms with Crippen molar-refractivity contribution >= 4 is 23.9 Å². The summed E-state index contributed by atoms with van der Waals surface area (Å²) < 4.78 is 11.9. The Balaban J connectivity index is 2.03. The molecule has 0 spiro atoms. The van der Waals surface area contributed by atoms with Gasteiger partial charge in [0.1, 0.15) is 11.5 Å². The second-order valence-corrected chi connectivity index (χ2v) is 7.64. The molecule has 3 rings (SSSR count). The van der Waals surface area contributed by atoms with Gasteiger partial charge in [-0.05, 0) is 42.0 Å². The fourth-order valence-electron chi connectivity index (χ4n) is 3.46. The van der Waals surface area contributed by atoms with E-state index in [9.17, 15) is 39.6 Å². The van der Waals surface area contributed by atoms with E-state index < -0.39 is 51.9 Å². The van der Waals surface area contributed by atoms with Crippen LogP contribution in [-0.2, 0) is 6.42 Å². The summed E-state index contributed by atoms with van der Waals surface area (Å²) >= 11 is 0. The summed E-state index contributed by atoms with van der Waals surface area (Å²) in [6, 6.07) is 15.8. The third-order valence-corrected chi connectivity index (χ3v) is 4.94. The Morgan fingerprint density at radius 2 is 1.03 bits per heavy atom. The zero-order valence-corrected chi connectivity index (χ0v) is 18.3. The van der Waals surface area contributed by atoms with Gasteiger partial charge in [0.25, 0.3) is 5.79 Å². The van der Waals surface area contributed by atoms with Crippen molar-refractivity contribution in [3.63, 3.8) is 0 Å². The lowest BCUT2D eigenvalue weighted by Gasteiger charge is -2.32. The van der Waals surface area contributed by atoms with Gasteiger partial charge in [-0.1, -0.05) is 30.3 Å². The lowest BCUT2D eigenvalue weighted by Crippen LogP contribution is -2.41. The van der Waals surface area contributed by atoms with Crippen LogP contribution in [0.4, 0.5) is 0 Å². The Kier molecular flexibility index (Phi) is 7.05. The van der Waals surface area contributed by atoms with E-state index in [0.717, 1.165) is 29.8 Å². The van der Waals surface area contributed by atoms with Crippen molar-refractivity contribution in [2.24, 2.45) is 0 Å². The zero-order valence-electron chi connectivity index (χ0n) is 18.3. The predicted molar refractivity (Wildman–Crippen MR) is 121 cm³/mol. The Morgan fingerprint density at radius 3 is 1.40 bits per heavy atom. The minimum atomic E-state index is -1.54. The van der Waals surface area contributed by atoms with Crippen LogP contribution in [0.3, 0.4) is 0 Å². The highest BCUT2D eigenvalue weighted by atomic mass is 16.7. The molecule has 0 amide bonds. The summed E-state index contributed by atoms with van der Waals surface area (Å²) in [4.78, 5) is 45.8. The number of aromatic carboxylic acids is 4. The summed E-state index contributed by atoms with van der Waals surface area (Å²) in [5.74, 6) is -7.32. The molecule has 0 saturated carbocycles. The molecule has 0 radical (unpaired) electrons. The monoisotopic (exact) mass is 480 g/mol. The first-order valence-corrected chi connectivity index (χ1v) is 10.1. The maximum atomic E-state index is 11.6. The van der Waals surface area contributed by atoms with Crippen LogP contribution in [0.1, 0.15) is 53.9 Å². The highest BCUT2D eigenvalue weighted by molar-refractivity contribution is 6.02. The molecular weight excluding hydrogens is 460 g/mol. The van der Waals surface area contributed by atoms with Gasteiger partial charge in [-0.3, -0.25) is 0 Å². The van der Waals surface area contributed by atoms with Gasteiger partial charge in [0.05, 0.1) is 22.3 Å². The number of ether oxygens (including phenoxy) is 2. The van der Waals surface area contributed by atoms with Crippen LogP contribution in [0.15, 0.2) is 66.7 Å². The molecule has 10 nitrogen and oxygen atoms in total. The highest BCUT2D eigenvalue weighted by Crippen LogP contribution is 2.29. The van der Waals surface area contributed by atoms with Gasteiger partial charge < -0.3 is 29.9 Å². The predicted octanol–water partition coefficient (Wildman–Crippen LogP) is 3.90. The second kappa shape index (κ2) is 9.96. The summed E-state index contributed by atoms with van der Waals surface area (Å²) in [5, 5.41) is 37.3. The number of benzene rings is 3. The standard InChI is InChI=1S/C25H20O10/c1-25(13-14-5-3-2-4-6-14,34-15-7-9-17(21(26)27)19(11-15)23(30)31)35-16-8-10-18(22(28)29)20(12-16)24(32)33/h2-12H,13H2,1H3,(H,26,27)(H,28,29)(H,30,31)(H,32,33). The van der Waals surface area contributed by atoms with Crippen LogP contribution in [0.5, 0.6) is 11.5 Å². The van der Waals surface area contributed by atoms with E-state index in [4.69, 9.17) is 9.47 Å². The zero-order chi connectivity index (χ0) is 25.8. The fraction of sp³-hybridized carbons (Fsp3) is 0.120. The number of rotatable bonds is 10. The van der Waals surface area contributed by atoms with E-state index in [0.29, 0.717) is 0 Å². The van der Waals surface area contributed by atoms with Crippen molar-refractivity contribution < 1.29 is 49.1 Å². The molecule has 4 N–H and O–H groups in total. The number of hydrogen-bond acceptors (Lipinski definition) is 6. The number of carboxylic acid groups (broad SMARTS) is 4. The average Bonchev–Trinajstić information content (AvgIpc) is 2.79. The molecule has 3 aromatic rings. The fourth-order valence-corrected chi connectivity index (χ4v) is 3.46. The van der Waals surface area contributed by atoms with Crippen LogP contribution in [-0.4, -0.2) is 50.1 Å². The van der Waals surface area contributed by atoms with Crippen molar-refractivity contribution in [3.8, 4) is 11.5 Å². The van der Waals surface area contributed by atoms with Crippen molar-refractivity contribution in [1.82, 2.24) is 0 Å². The van der Waals surface area contributed by atoms with Crippen molar-refractivity contribution in [2.75, 3.05) is 0 Å². The van der Waals surface area contributed by atoms with Crippen LogP contribution >= 0.6 is 0 Å². The molecule has 35 heavy (non-hydrogen) atoms. The smallest absolute Gasteiger partial charge is 0.336 e. The summed E-state index contributed by atoms with van der Waals surface area (Å²) in [5.41, 5.74) is -1.07. The maximum absolute atomic E-state index is 11.6. The van der Waals surface area contributed by atoms with Gasteiger partial charge in [0.2, 0.25) is 0 Å². The SMILES string of the molecule is CC(Cc1ccccc1)(Oc1ccc(C(=O)O)c(C(=O)O)c1)Oc1ccc(C(=O)O)c(C(=O)O)c1. The van der Waals surface area contributed by atoms with Gasteiger partial charge >= 0.3 is 23.9 Å². The third kappa shape index (κ3) is 5.93. The first kappa shape index (κ1) is 24.8. The van der Waals surface area contributed by atoms with E-state index in [-0.39, 0.29) is 17.9 Å². The number of carbonyl (C=O) groups is 4. The highest BCUT2D eigenvalue weighted by Gasteiger charge is 2.31. The van der Waals surface area contributed by atoms with Gasteiger partial charge in [-0.2, -0.15) is 0 Å². The topological polar surface area (TPSA) is 168 Å². The molecule has 0 heterocycles. The van der Waals surface area contributed by atoms with E-state index >= 15 is 0 Å². The van der Waals surface area contributed by atoms with Crippen LogP contribution < -0.4 is 9.47 Å². The third-order valence-electron chi connectivity index (χ3n) is 4.94. The molecule has 0 aliphatic carbocycles. The van der Waals surface area contributed by atoms with E-state index in [2.05, 4.69) is 0 Å². The van der Waals surface area contributed by atoms with Crippen molar-refractivity contribution in [2.45, 2.75) is 19.1 Å². The molecule has 180 valence electrons. The lowest BCUT2D eigenvalue weighted by atomic mass is 10.0. The minimum absolute atomic E-state index is 0.00792. The normalized spacial score (nSPS) is 10.9. The van der Waals surface area contributed by atoms with E-state index in [1.165, 1.54) is 19.1 Å². The molecular formula is C25H20O10. The molecule has 10 heteroatoms. The molecule has 0 saturated heterocycles. The van der Waals surface area contributed by atoms with Crippen LogP contribution in [0.25, 0.3) is 0 Å². The van der Waals surface area contributed by atoms with E-state index in [1.54, 1.807) is 30.3 Å². The lowest BCUT2D eigenvalue weighted by molar-refractivity contribution is -0.0967. The minimum Gasteiger partial charge on any atom is -0.478 e. The number of hydrogen-bond donors (Lipinski definition) is 4. The molecule has 0 atom stereocenters. The quantitative estimate of drug-likeness (QED) is 0.312. The average molecular weight is 480 g/mol. The Morgan fingerprint density at radius 1 is 0.629 bits per heavy atom. The second-order valence-electron chi connectivity index (χ2n) is 7.64. The molecule has 0 aliphatic rings. The van der Waals surface area contributed by atoms with Gasteiger partial charge in [-0.25, -0.2) is 19.2 Å². The summed E-state index contributed by atoms with van der Waals surface area (Å²) in [6.07, 6.45) is 0.111. The van der Waals surface area contributed by atoms with Gasteiger partial charge in [0.15, 0.2) is 0 Å². The Hall–Kier alpha value is -4.86. The largest absolute Gasteiger partial charge is 0.478 e. The first-order valence-electron chi connectivity index (χ1n) is 10.1. The maximum Gasteiger partial charge on any atom is 0.336 e. The molecule has 0 unspecified atom stereocenters. The van der Waals surface area contributed by atoms with Crippen molar-refractivity contribution in [3.05, 3.63) is 94.5 Å². The molecule has 0 aromatic heterocycles. The van der Waals surface area contributed by atoms with Crippen molar-refractivity contribution in [1.29, 1.82) is 0 Å². The molecule has 0 fully saturated rings. The van der Waals surface area contributed by atoms with E-state index in [1.807, 2.05) is 0 Å². The number of carboxylic acids is 4. The Labute approximate surface area is 198 Å².